The Morgan fingerprint density at radius 2 is 2.05 bits per heavy atom. The Hall–Kier alpha value is -0.170. The largest absolute Gasteiger partial charge is 0.394 e. The predicted molar refractivity (Wildman–Crippen MR) is 76.0 cm³/mol. The fourth-order valence-corrected chi connectivity index (χ4v) is 4.48. The lowest BCUT2D eigenvalue weighted by atomic mass is 9.98. The van der Waals surface area contributed by atoms with E-state index in [1.807, 2.05) is 0 Å². The van der Waals surface area contributed by atoms with Crippen molar-refractivity contribution in [1.29, 1.82) is 0 Å². The first-order chi connectivity index (χ1) is 9.00. The Balaban J connectivity index is 1.90. The molecule has 1 heterocycles. The Morgan fingerprint density at radius 1 is 1.37 bits per heavy atom. The molecule has 1 saturated carbocycles. The molecule has 112 valence electrons. The summed E-state index contributed by atoms with van der Waals surface area (Å²) in [5.41, 5.74) is -0.142. The number of aliphatic hydroxyl groups excluding tert-OH is 1. The molecule has 2 rings (SSSR count). The number of aliphatic hydroxyl groups is 1. The maximum atomic E-state index is 11.5. The number of nitrogens with one attached hydrogen (secondary N) is 1. The zero-order valence-electron chi connectivity index (χ0n) is 11.8. The Labute approximate surface area is 116 Å². The first kappa shape index (κ1) is 15.2. The van der Waals surface area contributed by atoms with Crippen LogP contribution in [-0.2, 0) is 9.84 Å². The fourth-order valence-electron chi connectivity index (χ4n) is 3.25. The van der Waals surface area contributed by atoms with E-state index in [0.717, 1.165) is 32.2 Å². The Bertz CT molecular complexity index is 385. The molecule has 1 aliphatic carbocycles. The molecule has 2 N–H and O–H groups in total. The van der Waals surface area contributed by atoms with Crippen molar-refractivity contribution in [2.24, 2.45) is 0 Å². The molecule has 0 aromatic heterocycles. The van der Waals surface area contributed by atoms with Crippen LogP contribution in [0.15, 0.2) is 0 Å². The van der Waals surface area contributed by atoms with Gasteiger partial charge in [0.05, 0.1) is 18.1 Å². The average Bonchev–Trinajstić information content (AvgIpc) is 2.81. The van der Waals surface area contributed by atoms with Gasteiger partial charge in [0.15, 0.2) is 9.84 Å². The number of hydrogen-bond donors (Lipinski definition) is 2. The second-order valence-corrected chi connectivity index (χ2v) is 8.25. The van der Waals surface area contributed by atoms with Crippen molar-refractivity contribution < 1.29 is 13.5 Å². The summed E-state index contributed by atoms with van der Waals surface area (Å²) < 4.78 is 22.9. The zero-order chi connectivity index (χ0) is 13.9. The van der Waals surface area contributed by atoms with E-state index in [0.29, 0.717) is 19.1 Å². The van der Waals surface area contributed by atoms with Crippen LogP contribution in [0.1, 0.15) is 32.6 Å². The Kier molecular flexibility index (Phi) is 4.87. The third-order valence-corrected chi connectivity index (χ3v) is 6.14. The second kappa shape index (κ2) is 6.08. The molecule has 0 aromatic carbocycles. The molecule has 1 saturated heterocycles. The van der Waals surface area contributed by atoms with Crippen molar-refractivity contribution in [3.8, 4) is 0 Å². The number of rotatable bonds is 5. The van der Waals surface area contributed by atoms with Crippen LogP contribution in [0.2, 0.25) is 0 Å². The summed E-state index contributed by atoms with van der Waals surface area (Å²) in [6.45, 7) is 4.54. The molecule has 0 aromatic rings. The van der Waals surface area contributed by atoms with Gasteiger partial charge in [-0.05, 0) is 32.2 Å². The van der Waals surface area contributed by atoms with Crippen LogP contribution >= 0.6 is 0 Å². The van der Waals surface area contributed by atoms with Crippen LogP contribution in [0.5, 0.6) is 0 Å². The summed E-state index contributed by atoms with van der Waals surface area (Å²) in [5, 5.41) is 13.2. The zero-order valence-corrected chi connectivity index (χ0v) is 12.6. The SMILES string of the molecule is CCCNC1(CO)CCC(N2CCS(=O)(=O)CC2)C1. The van der Waals surface area contributed by atoms with Gasteiger partial charge in [-0.3, -0.25) is 4.90 Å². The van der Waals surface area contributed by atoms with E-state index in [4.69, 9.17) is 0 Å². The lowest BCUT2D eigenvalue weighted by Crippen LogP contribution is -2.50. The average molecular weight is 290 g/mol. The predicted octanol–water partition coefficient (Wildman–Crippen LogP) is 0.00000000000000111. The standard InChI is InChI=1S/C13H26N2O3S/c1-2-5-14-13(11-16)4-3-12(10-13)15-6-8-19(17,18)9-7-15/h12,14,16H,2-11H2,1H3. The van der Waals surface area contributed by atoms with E-state index in [2.05, 4.69) is 17.1 Å². The summed E-state index contributed by atoms with van der Waals surface area (Å²) >= 11 is 0. The maximum absolute atomic E-state index is 11.5. The minimum atomic E-state index is -2.80. The highest BCUT2D eigenvalue weighted by Gasteiger charge is 2.41. The van der Waals surface area contributed by atoms with E-state index in [-0.39, 0.29) is 23.7 Å². The quantitative estimate of drug-likeness (QED) is 0.746. The number of hydrogen-bond acceptors (Lipinski definition) is 5. The molecule has 5 nitrogen and oxygen atoms in total. The van der Waals surface area contributed by atoms with Crippen molar-refractivity contribution in [2.75, 3.05) is 37.7 Å². The highest BCUT2D eigenvalue weighted by Crippen LogP contribution is 2.33. The van der Waals surface area contributed by atoms with Crippen molar-refractivity contribution in [2.45, 2.75) is 44.2 Å². The van der Waals surface area contributed by atoms with Crippen LogP contribution in [0.25, 0.3) is 0 Å². The van der Waals surface area contributed by atoms with Gasteiger partial charge in [-0.15, -0.1) is 0 Å². The first-order valence-electron chi connectivity index (χ1n) is 7.31. The molecule has 1 aliphatic heterocycles. The molecule has 2 fully saturated rings. The van der Waals surface area contributed by atoms with Gasteiger partial charge in [0.2, 0.25) is 0 Å². The summed E-state index contributed by atoms with van der Waals surface area (Å²) in [4.78, 5) is 2.30. The molecule has 2 aliphatic rings. The van der Waals surface area contributed by atoms with Crippen LogP contribution < -0.4 is 5.32 Å². The summed E-state index contributed by atoms with van der Waals surface area (Å²) in [7, 11) is -2.80. The van der Waals surface area contributed by atoms with Crippen LogP contribution in [-0.4, -0.2) is 67.8 Å². The molecule has 0 spiro atoms. The van der Waals surface area contributed by atoms with Crippen molar-refractivity contribution in [1.82, 2.24) is 10.2 Å². The van der Waals surface area contributed by atoms with E-state index in [1.165, 1.54) is 0 Å². The molecular formula is C13H26N2O3S. The van der Waals surface area contributed by atoms with Gasteiger partial charge in [0.25, 0.3) is 0 Å². The molecule has 2 atom stereocenters. The molecular weight excluding hydrogens is 264 g/mol. The van der Waals surface area contributed by atoms with Crippen molar-refractivity contribution in [3.05, 3.63) is 0 Å². The highest BCUT2D eigenvalue weighted by molar-refractivity contribution is 7.91. The maximum Gasteiger partial charge on any atom is 0.152 e. The minimum absolute atomic E-state index is 0.142. The molecule has 6 heteroatoms. The van der Waals surface area contributed by atoms with E-state index in [9.17, 15) is 13.5 Å². The highest BCUT2D eigenvalue weighted by atomic mass is 32.2. The van der Waals surface area contributed by atoms with Gasteiger partial charge < -0.3 is 10.4 Å². The minimum Gasteiger partial charge on any atom is -0.394 e. The lowest BCUT2D eigenvalue weighted by molar-refractivity contribution is 0.145. The van der Waals surface area contributed by atoms with Gasteiger partial charge in [0.1, 0.15) is 0 Å². The van der Waals surface area contributed by atoms with Gasteiger partial charge in [-0.25, -0.2) is 8.42 Å². The van der Waals surface area contributed by atoms with Gasteiger partial charge in [-0.2, -0.15) is 0 Å². The third kappa shape index (κ3) is 3.68. The lowest BCUT2D eigenvalue weighted by Gasteiger charge is -2.34. The van der Waals surface area contributed by atoms with Crippen molar-refractivity contribution in [3.63, 3.8) is 0 Å². The molecule has 19 heavy (non-hydrogen) atoms. The molecule has 0 bridgehead atoms. The van der Waals surface area contributed by atoms with Gasteiger partial charge in [-0.1, -0.05) is 6.92 Å². The summed E-state index contributed by atoms with van der Waals surface area (Å²) in [6.07, 6.45) is 4.03. The van der Waals surface area contributed by atoms with Crippen LogP contribution in [0, 0.1) is 0 Å². The second-order valence-electron chi connectivity index (χ2n) is 5.95. The first-order valence-corrected chi connectivity index (χ1v) is 9.13. The topological polar surface area (TPSA) is 69.6 Å². The summed E-state index contributed by atoms with van der Waals surface area (Å²) in [5.74, 6) is 0.579. The Morgan fingerprint density at radius 3 is 2.63 bits per heavy atom. The van der Waals surface area contributed by atoms with Crippen molar-refractivity contribution >= 4 is 9.84 Å². The number of sulfone groups is 1. The smallest absolute Gasteiger partial charge is 0.152 e. The van der Waals surface area contributed by atoms with E-state index >= 15 is 0 Å². The molecule has 0 radical (unpaired) electrons. The van der Waals surface area contributed by atoms with E-state index in [1.54, 1.807) is 0 Å². The summed E-state index contributed by atoms with van der Waals surface area (Å²) in [6, 6.07) is 0.423. The number of nitrogens with zero attached hydrogens (tertiary/aromatic N) is 1. The molecule has 2 unspecified atom stereocenters. The monoisotopic (exact) mass is 290 g/mol. The van der Waals surface area contributed by atoms with Crippen LogP contribution in [0.4, 0.5) is 0 Å². The molecule has 0 amide bonds. The normalized spacial score (nSPS) is 35.6. The van der Waals surface area contributed by atoms with Gasteiger partial charge >= 0.3 is 0 Å². The van der Waals surface area contributed by atoms with Gasteiger partial charge in [0, 0.05) is 24.7 Å². The fraction of sp³-hybridized carbons (Fsp3) is 1.00. The van der Waals surface area contributed by atoms with E-state index < -0.39 is 9.84 Å². The third-order valence-electron chi connectivity index (χ3n) is 4.53. The van der Waals surface area contributed by atoms with Crippen LogP contribution in [0.3, 0.4) is 0 Å².